The number of nitriles is 1. The first-order valence-electron chi connectivity index (χ1n) is 6.82. The van der Waals surface area contributed by atoms with E-state index in [2.05, 4.69) is 34.8 Å². The predicted octanol–water partition coefficient (Wildman–Crippen LogP) is 3.78. The van der Waals surface area contributed by atoms with Crippen molar-refractivity contribution in [2.45, 2.75) is 13.5 Å². The van der Waals surface area contributed by atoms with E-state index in [1.54, 1.807) is 6.20 Å². The summed E-state index contributed by atoms with van der Waals surface area (Å²) in [5.74, 6) is 0. The van der Waals surface area contributed by atoms with E-state index in [-0.39, 0.29) is 0 Å². The number of aromatic nitrogens is 2. The molecule has 0 spiro atoms. The summed E-state index contributed by atoms with van der Waals surface area (Å²) in [4.78, 5) is 4.19. The lowest BCUT2D eigenvalue weighted by Gasteiger charge is -2.05. The first-order valence-corrected chi connectivity index (χ1v) is 6.82. The van der Waals surface area contributed by atoms with Gasteiger partial charge in [0.2, 0.25) is 0 Å². The van der Waals surface area contributed by atoms with Crippen molar-refractivity contribution < 1.29 is 0 Å². The molecule has 3 rings (SSSR count). The first-order chi connectivity index (χ1) is 10.3. The minimum atomic E-state index is 0.697. The van der Waals surface area contributed by atoms with Crippen LogP contribution in [0.1, 0.15) is 16.7 Å². The molecule has 0 amide bonds. The average Bonchev–Trinajstić information content (AvgIpc) is 2.96. The third kappa shape index (κ3) is 2.70. The summed E-state index contributed by atoms with van der Waals surface area (Å²) in [6.07, 6.45) is 7.82. The highest BCUT2D eigenvalue weighted by Crippen LogP contribution is 2.23. The zero-order chi connectivity index (χ0) is 14.7. The van der Waals surface area contributed by atoms with Gasteiger partial charge in [0, 0.05) is 42.5 Å². The van der Waals surface area contributed by atoms with E-state index in [0.29, 0.717) is 6.54 Å². The van der Waals surface area contributed by atoms with Gasteiger partial charge in [0.05, 0.1) is 11.6 Å². The summed E-state index contributed by atoms with van der Waals surface area (Å²) < 4.78 is 2.10. The van der Waals surface area contributed by atoms with Crippen LogP contribution in [0.25, 0.3) is 11.1 Å². The molecule has 2 heterocycles. The van der Waals surface area contributed by atoms with Crippen LogP contribution in [-0.2, 0) is 6.54 Å². The molecule has 0 unspecified atom stereocenters. The number of hydrogen-bond acceptors (Lipinski definition) is 2. The molecule has 0 fully saturated rings. The molecule has 1 aromatic carbocycles. The van der Waals surface area contributed by atoms with E-state index >= 15 is 0 Å². The summed E-state index contributed by atoms with van der Waals surface area (Å²) in [6, 6.07) is 14.0. The molecule has 0 saturated heterocycles. The number of nitrogens with zero attached hydrogens (tertiary/aromatic N) is 3. The minimum absolute atomic E-state index is 0.697. The first kappa shape index (κ1) is 13.1. The summed E-state index contributed by atoms with van der Waals surface area (Å²) in [7, 11) is 0. The maximum Gasteiger partial charge on any atom is 0.0995 e. The molecule has 3 aromatic rings. The van der Waals surface area contributed by atoms with Crippen molar-refractivity contribution >= 4 is 0 Å². The molecule has 102 valence electrons. The Balaban J connectivity index is 1.90. The molecule has 0 aliphatic rings. The topological polar surface area (TPSA) is 41.6 Å². The Hall–Kier alpha value is -2.86. The fourth-order valence-corrected chi connectivity index (χ4v) is 2.43. The van der Waals surface area contributed by atoms with Gasteiger partial charge in [-0.25, -0.2) is 0 Å². The molecule has 0 bridgehead atoms. The van der Waals surface area contributed by atoms with Gasteiger partial charge < -0.3 is 4.57 Å². The van der Waals surface area contributed by atoms with Crippen LogP contribution in [0.15, 0.2) is 61.2 Å². The van der Waals surface area contributed by atoms with Gasteiger partial charge >= 0.3 is 0 Å². The number of rotatable bonds is 3. The normalized spacial score (nSPS) is 10.3. The third-order valence-electron chi connectivity index (χ3n) is 3.59. The molecule has 3 nitrogen and oxygen atoms in total. The lowest BCUT2D eigenvalue weighted by Crippen LogP contribution is -1.98. The quantitative estimate of drug-likeness (QED) is 0.728. The minimum Gasteiger partial charge on any atom is -0.349 e. The molecular formula is C18H15N3. The Bertz CT molecular complexity index is 809. The Morgan fingerprint density at radius 3 is 2.86 bits per heavy atom. The van der Waals surface area contributed by atoms with Crippen molar-refractivity contribution in [3.63, 3.8) is 0 Å². The monoisotopic (exact) mass is 273 g/mol. The largest absolute Gasteiger partial charge is 0.349 e. The highest BCUT2D eigenvalue weighted by Gasteiger charge is 2.06. The fraction of sp³-hybridized carbons (Fsp3) is 0.111. The van der Waals surface area contributed by atoms with Crippen LogP contribution in [0.4, 0.5) is 0 Å². The lowest BCUT2D eigenvalue weighted by molar-refractivity contribution is 0.804. The molecule has 0 saturated carbocycles. The molecule has 0 radical (unpaired) electrons. The van der Waals surface area contributed by atoms with Gasteiger partial charge in [0.15, 0.2) is 0 Å². The molecule has 0 aliphatic heterocycles. The van der Waals surface area contributed by atoms with Crippen LogP contribution in [0.3, 0.4) is 0 Å². The van der Waals surface area contributed by atoms with Crippen LogP contribution in [0.2, 0.25) is 0 Å². The van der Waals surface area contributed by atoms with Gasteiger partial charge in [-0.05, 0) is 36.2 Å². The van der Waals surface area contributed by atoms with Gasteiger partial charge in [-0.15, -0.1) is 0 Å². The summed E-state index contributed by atoms with van der Waals surface area (Å²) in [5.41, 5.74) is 5.26. The number of pyridine rings is 1. The predicted molar refractivity (Wildman–Crippen MR) is 82.7 cm³/mol. The Labute approximate surface area is 124 Å². The molecule has 0 N–H and O–H groups in total. The van der Waals surface area contributed by atoms with Gasteiger partial charge in [0.1, 0.15) is 0 Å². The average molecular weight is 273 g/mol. The van der Waals surface area contributed by atoms with Crippen LogP contribution in [-0.4, -0.2) is 9.55 Å². The van der Waals surface area contributed by atoms with E-state index in [9.17, 15) is 0 Å². The lowest BCUT2D eigenvalue weighted by atomic mass is 10.1. The number of benzene rings is 1. The highest BCUT2D eigenvalue weighted by atomic mass is 14.9. The Morgan fingerprint density at radius 1 is 1.19 bits per heavy atom. The highest BCUT2D eigenvalue weighted by molar-refractivity contribution is 5.65. The van der Waals surface area contributed by atoms with E-state index in [1.807, 2.05) is 42.7 Å². The van der Waals surface area contributed by atoms with E-state index in [0.717, 1.165) is 22.3 Å². The second kappa shape index (κ2) is 5.64. The fourth-order valence-electron chi connectivity index (χ4n) is 2.43. The molecule has 0 atom stereocenters. The Kier molecular flexibility index (Phi) is 3.53. The number of aryl methyl sites for hydroxylation is 1. The van der Waals surface area contributed by atoms with E-state index < -0.39 is 0 Å². The van der Waals surface area contributed by atoms with Crippen molar-refractivity contribution in [2.24, 2.45) is 0 Å². The second-order valence-corrected chi connectivity index (χ2v) is 5.03. The molecule has 2 aromatic heterocycles. The van der Waals surface area contributed by atoms with Crippen LogP contribution < -0.4 is 0 Å². The van der Waals surface area contributed by atoms with Crippen LogP contribution >= 0.6 is 0 Å². The molecule has 0 aliphatic carbocycles. The van der Waals surface area contributed by atoms with Crippen molar-refractivity contribution in [2.75, 3.05) is 0 Å². The molecular weight excluding hydrogens is 258 g/mol. The molecule has 3 heteroatoms. The summed E-state index contributed by atoms with van der Waals surface area (Å²) in [5, 5.41) is 9.15. The zero-order valence-corrected chi connectivity index (χ0v) is 11.8. The maximum atomic E-state index is 9.15. The third-order valence-corrected chi connectivity index (χ3v) is 3.59. The molecule has 21 heavy (non-hydrogen) atoms. The van der Waals surface area contributed by atoms with Gasteiger partial charge in [-0.1, -0.05) is 18.2 Å². The van der Waals surface area contributed by atoms with Crippen LogP contribution in [0, 0.1) is 18.3 Å². The van der Waals surface area contributed by atoms with Crippen LogP contribution in [0.5, 0.6) is 0 Å². The van der Waals surface area contributed by atoms with E-state index in [4.69, 9.17) is 5.26 Å². The van der Waals surface area contributed by atoms with Crippen molar-refractivity contribution in [1.82, 2.24) is 9.55 Å². The SMILES string of the molecule is Cc1ccncc1-c1ccn(Cc2ccccc2C#N)c1. The van der Waals surface area contributed by atoms with Crippen molar-refractivity contribution in [3.05, 3.63) is 77.9 Å². The maximum absolute atomic E-state index is 9.15. The van der Waals surface area contributed by atoms with E-state index in [1.165, 1.54) is 5.56 Å². The van der Waals surface area contributed by atoms with Gasteiger partial charge in [-0.3, -0.25) is 4.98 Å². The Morgan fingerprint density at radius 2 is 2.05 bits per heavy atom. The standard InChI is InChI=1S/C18H15N3/c1-14-6-8-20-11-18(14)17-7-9-21(13-17)12-16-5-3-2-4-15(16)10-19/h2-9,11,13H,12H2,1H3. The van der Waals surface area contributed by atoms with Crippen molar-refractivity contribution in [1.29, 1.82) is 5.26 Å². The van der Waals surface area contributed by atoms with Gasteiger partial charge in [-0.2, -0.15) is 5.26 Å². The summed E-state index contributed by atoms with van der Waals surface area (Å²) >= 11 is 0. The number of hydrogen-bond donors (Lipinski definition) is 0. The van der Waals surface area contributed by atoms with Crippen molar-refractivity contribution in [3.8, 4) is 17.2 Å². The summed E-state index contributed by atoms with van der Waals surface area (Å²) in [6.45, 7) is 2.78. The smallest absolute Gasteiger partial charge is 0.0995 e. The zero-order valence-electron chi connectivity index (χ0n) is 11.8. The van der Waals surface area contributed by atoms with Gasteiger partial charge in [0.25, 0.3) is 0 Å². The second-order valence-electron chi connectivity index (χ2n) is 5.03.